The minimum atomic E-state index is -0.493. The Balaban J connectivity index is 1.32. The van der Waals surface area contributed by atoms with Crippen molar-refractivity contribution in [2.24, 2.45) is 0 Å². The number of carbonyl (C=O) groups excluding carboxylic acids is 2. The summed E-state index contributed by atoms with van der Waals surface area (Å²) < 4.78 is 5.62. The number of furan rings is 1. The molecule has 2 fully saturated rings. The molecule has 0 aromatic carbocycles. The normalized spacial score (nSPS) is 20.5. The molecule has 0 spiro atoms. The third kappa shape index (κ3) is 4.39. The van der Waals surface area contributed by atoms with Gasteiger partial charge in [-0.25, -0.2) is 0 Å². The second-order valence-electron chi connectivity index (χ2n) is 7.36. The molecule has 4 rings (SSSR count). The summed E-state index contributed by atoms with van der Waals surface area (Å²) >= 11 is 0. The summed E-state index contributed by atoms with van der Waals surface area (Å²) in [6, 6.07) is 5.33. The Morgan fingerprint density at radius 3 is 3.00 bits per heavy atom. The summed E-state index contributed by atoms with van der Waals surface area (Å²) in [6.07, 6.45) is 2.51. The lowest BCUT2D eigenvalue weighted by molar-refractivity contribution is -0.134. The molecule has 0 unspecified atom stereocenters. The average molecular weight is 371 g/mol. The number of hydrogen-bond acceptors (Lipinski definition) is 5. The molecule has 3 N–H and O–H groups in total. The van der Waals surface area contributed by atoms with Crippen molar-refractivity contribution in [1.82, 2.24) is 25.7 Å². The second-order valence-corrected chi connectivity index (χ2v) is 7.36. The molecule has 2 aromatic heterocycles. The topological polar surface area (TPSA) is 103 Å². The molecule has 2 aromatic rings. The Bertz CT molecular complexity index is 823. The minimum absolute atomic E-state index is 0.114. The van der Waals surface area contributed by atoms with Crippen molar-refractivity contribution in [3.8, 4) is 0 Å². The van der Waals surface area contributed by atoms with Crippen LogP contribution in [0.3, 0.4) is 0 Å². The Morgan fingerprint density at radius 1 is 1.41 bits per heavy atom. The van der Waals surface area contributed by atoms with Crippen molar-refractivity contribution in [3.63, 3.8) is 0 Å². The number of nitrogens with one attached hydrogen (secondary N) is 3. The zero-order valence-electron chi connectivity index (χ0n) is 15.5. The fraction of sp³-hybridized carbons (Fsp3) is 0.526. The summed E-state index contributed by atoms with van der Waals surface area (Å²) in [7, 11) is 0. The Hall–Kier alpha value is -2.61. The standard InChI is InChI=1S/C19H25N5O3/c1-12-2-5-15(27-12)11-24-7-6-20-19(26)17(24)9-18(25)21-10-14-8-16(23-22-14)13-3-4-13/h2,5,8,13,17H,3-4,6-7,9-11H2,1H3,(H,20,26)(H,21,25)(H,22,23)/t17-/m1/s1. The maximum atomic E-state index is 12.4. The van der Waals surface area contributed by atoms with Crippen LogP contribution in [-0.2, 0) is 22.7 Å². The molecule has 0 bridgehead atoms. The largest absolute Gasteiger partial charge is 0.465 e. The highest BCUT2D eigenvalue weighted by Gasteiger charge is 2.32. The van der Waals surface area contributed by atoms with Crippen LogP contribution in [0.25, 0.3) is 0 Å². The fourth-order valence-electron chi connectivity index (χ4n) is 3.44. The quantitative estimate of drug-likeness (QED) is 0.678. The molecule has 144 valence electrons. The molecule has 2 aliphatic rings. The Morgan fingerprint density at radius 2 is 2.26 bits per heavy atom. The van der Waals surface area contributed by atoms with E-state index >= 15 is 0 Å². The van der Waals surface area contributed by atoms with Crippen LogP contribution < -0.4 is 10.6 Å². The summed E-state index contributed by atoms with van der Waals surface area (Å²) in [4.78, 5) is 26.7. The number of H-pyrrole nitrogens is 1. The molecular weight excluding hydrogens is 346 g/mol. The molecule has 1 atom stereocenters. The zero-order chi connectivity index (χ0) is 18.8. The van der Waals surface area contributed by atoms with Gasteiger partial charge in [-0.3, -0.25) is 19.6 Å². The van der Waals surface area contributed by atoms with Crippen LogP contribution in [-0.4, -0.2) is 46.0 Å². The lowest BCUT2D eigenvalue weighted by atomic mass is 10.1. The van der Waals surface area contributed by atoms with Crippen LogP contribution in [0.15, 0.2) is 22.6 Å². The third-order valence-corrected chi connectivity index (χ3v) is 5.10. The Labute approximate surface area is 157 Å². The molecule has 3 heterocycles. The van der Waals surface area contributed by atoms with Crippen molar-refractivity contribution in [2.75, 3.05) is 13.1 Å². The minimum Gasteiger partial charge on any atom is -0.465 e. The number of aryl methyl sites for hydroxylation is 1. The lowest BCUT2D eigenvalue weighted by Gasteiger charge is -2.34. The summed E-state index contributed by atoms with van der Waals surface area (Å²) in [5.74, 6) is 1.96. The van der Waals surface area contributed by atoms with Crippen molar-refractivity contribution in [3.05, 3.63) is 41.1 Å². The van der Waals surface area contributed by atoms with E-state index in [1.807, 2.05) is 30.0 Å². The van der Waals surface area contributed by atoms with Gasteiger partial charge in [0.2, 0.25) is 11.8 Å². The maximum absolute atomic E-state index is 12.4. The van der Waals surface area contributed by atoms with E-state index in [2.05, 4.69) is 20.8 Å². The van der Waals surface area contributed by atoms with Crippen molar-refractivity contribution < 1.29 is 14.0 Å². The van der Waals surface area contributed by atoms with Crippen LogP contribution in [0, 0.1) is 6.92 Å². The molecule has 1 aliphatic carbocycles. The van der Waals surface area contributed by atoms with Gasteiger partial charge in [-0.1, -0.05) is 0 Å². The highest BCUT2D eigenvalue weighted by atomic mass is 16.3. The van der Waals surface area contributed by atoms with Gasteiger partial charge in [-0.2, -0.15) is 5.10 Å². The van der Waals surface area contributed by atoms with Crippen molar-refractivity contribution in [2.45, 2.75) is 51.2 Å². The van der Waals surface area contributed by atoms with Crippen molar-refractivity contribution in [1.29, 1.82) is 0 Å². The van der Waals surface area contributed by atoms with Gasteiger partial charge in [0.15, 0.2) is 0 Å². The number of rotatable bonds is 7. The molecule has 1 aliphatic heterocycles. The van der Waals surface area contributed by atoms with Crippen LogP contribution in [0.5, 0.6) is 0 Å². The van der Waals surface area contributed by atoms with Crippen LogP contribution in [0.2, 0.25) is 0 Å². The van der Waals surface area contributed by atoms with E-state index in [-0.39, 0.29) is 18.2 Å². The number of piperazine rings is 1. The molecule has 0 radical (unpaired) electrons. The summed E-state index contributed by atoms with van der Waals surface area (Å²) in [6.45, 7) is 4.07. The van der Waals surface area contributed by atoms with Gasteiger partial charge < -0.3 is 15.1 Å². The highest BCUT2D eigenvalue weighted by Crippen LogP contribution is 2.38. The number of aromatic amines is 1. The predicted molar refractivity (Wildman–Crippen MR) is 97.7 cm³/mol. The van der Waals surface area contributed by atoms with Crippen LogP contribution in [0.1, 0.15) is 48.1 Å². The molecule has 2 amide bonds. The van der Waals surface area contributed by atoms with Crippen LogP contribution >= 0.6 is 0 Å². The van der Waals surface area contributed by atoms with Gasteiger partial charge in [0, 0.05) is 19.0 Å². The fourth-order valence-corrected chi connectivity index (χ4v) is 3.44. The van der Waals surface area contributed by atoms with E-state index in [4.69, 9.17) is 4.42 Å². The molecule has 1 saturated heterocycles. The molecular formula is C19H25N5O3. The molecule has 8 heteroatoms. The number of hydrogen-bond donors (Lipinski definition) is 3. The predicted octanol–water partition coefficient (Wildman–Crippen LogP) is 1.20. The van der Waals surface area contributed by atoms with E-state index in [0.717, 1.165) is 22.9 Å². The summed E-state index contributed by atoms with van der Waals surface area (Å²) in [5.41, 5.74) is 1.96. The Kier molecular flexibility index (Phi) is 4.98. The van der Waals surface area contributed by atoms with Crippen LogP contribution in [0.4, 0.5) is 0 Å². The monoisotopic (exact) mass is 371 g/mol. The molecule has 1 saturated carbocycles. The lowest BCUT2D eigenvalue weighted by Crippen LogP contribution is -2.56. The first-order valence-corrected chi connectivity index (χ1v) is 9.46. The third-order valence-electron chi connectivity index (χ3n) is 5.10. The van der Waals surface area contributed by atoms with Gasteiger partial charge in [0.1, 0.15) is 11.5 Å². The van der Waals surface area contributed by atoms with E-state index in [1.165, 1.54) is 12.8 Å². The SMILES string of the molecule is Cc1ccc(CN2CCNC(=O)[C@H]2CC(=O)NCc2cc(C3CC3)n[nH]2)o1. The van der Waals surface area contributed by atoms with Gasteiger partial charge >= 0.3 is 0 Å². The number of amides is 2. The van der Waals surface area contributed by atoms with Gasteiger partial charge in [0.05, 0.1) is 36.9 Å². The molecule has 8 nitrogen and oxygen atoms in total. The van der Waals surface area contributed by atoms with Crippen molar-refractivity contribution >= 4 is 11.8 Å². The van der Waals surface area contributed by atoms with E-state index in [1.54, 1.807) is 0 Å². The van der Waals surface area contributed by atoms with Gasteiger partial charge in [-0.05, 0) is 38.0 Å². The smallest absolute Gasteiger partial charge is 0.237 e. The van der Waals surface area contributed by atoms with E-state index in [9.17, 15) is 9.59 Å². The van der Waals surface area contributed by atoms with Gasteiger partial charge in [-0.15, -0.1) is 0 Å². The number of aromatic nitrogens is 2. The first-order valence-electron chi connectivity index (χ1n) is 9.46. The highest BCUT2D eigenvalue weighted by molar-refractivity contribution is 5.88. The van der Waals surface area contributed by atoms with E-state index in [0.29, 0.717) is 32.1 Å². The second kappa shape index (κ2) is 7.56. The molecule has 27 heavy (non-hydrogen) atoms. The first kappa shape index (κ1) is 17.8. The number of carbonyl (C=O) groups is 2. The maximum Gasteiger partial charge on any atom is 0.237 e. The van der Waals surface area contributed by atoms with Gasteiger partial charge in [0.25, 0.3) is 0 Å². The zero-order valence-corrected chi connectivity index (χ0v) is 15.5. The van der Waals surface area contributed by atoms with E-state index < -0.39 is 6.04 Å². The average Bonchev–Trinajstić information content (AvgIpc) is 3.25. The summed E-state index contributed by atoms with van der Waals surface area (Å²) in [5, 5.41) is 13.0. The first-order chi connectivity index (χ1) is 13.1. The number of nitrogens with zero attached hydrogens (tertiary/aromatic N) is 2.